The molecule has 0 spiro atoms. The standard InChI is InChI=1S/C13H16N4S/c1-2-6-14-8-11-9-16-13(17-10-11)18-12-5-3-4-7-15-12/h3-5,7,9-10,14H,2,6,8H2,1H3. The van der Waals surface area contributed by atoms with Crippen LogP contribution in [-0.4, -0.2) is 21.5 Å². The van der Waals surface area contributed by atoms with E-state index >= 15 is 0 Å². The first kappa shape index (κ1) is 13.0. The van der Waals surface area contributed by atoms with Gasteiger partial charge in [0, 0.05) is 30.7 Å². The van der Waals surface area contributed by atoms with Crippen LogP contribution in [0.5, 0.6) is 0 Å². The molecule has 0 bridgehead atoms. The van der Waals surface area contributed by atoms with Crippen molar-refractivity contribution >= 4 is 11.8 Å². The second kappa shape index (κ2) is 7.08. The summed E-state index contributed by atoms with van der Waals surface area (Å²) >= 11 is 1.47. The maximum absolute atomic E-state index is 4.32. The molecule has 94 valence electrons. The number of hydrogen-bond donors (Lipinski definition) is 1. The highest BCUT2D eigenvalue weighted by Crippen LogP contribution is 2.21. The molecule has 0 radical (unpaired) electrons. The zero-order chi connectivity index (χ0) is 12.6. The summed E-state index contributed by atoms with van der Waals surface area (Å²) in [5.74, 6) is 0. The van der Waals surface area contributed by atoms with Gasteiger partial charge in [-0.3, -0.25) is 0 Å². The second-order valence-corrected chi connectivity index (χ2v) is 4.81. The average molecular weight is 260 g/mol. The van der Waals surface area contributed by atoms with Crippen molar-refractivity contribution in [2.45, 2.75) is 30.1 Å². The second-order valence-electron chi connectivity index (χ2n) is 3.82. The van der Waals surface area contributed by atoms with Gasteiger partial charge in [0.2, 0.25) is 0 Å². The fourth-order valence-electron chi connectivity index (χ4n) is 1.40. The van der Waals surface area contributed by atoms with Crippen LogP contribution in [-0.2, 0) is 6.54 Å². The van der Waals surface area contributed by atoms with E-state index in [-0.39, 0.29) is 0 Å². The Morgan fingerprint density at radius 3 is 2.67 bits per heavy atom. The first-order valence-electron chi connectivity index (χ1n) is 5.99. The number of pyridine rings is 1. The van der Waals surface area contributed by atoms with Gasteiger partial charge in [0.05, 0.1) is 0 Å². The van der Waals surface area contributed by atoms with Crippen LogP contribution in [0, 0.1) is 0 Å². The number of rotatable bonds is 6. The maximum Gasteiger partial charge on any atom is 0.193 e. The minimum atomic E-state index is 0.730. The lowest BCUT2D eigenvalue weighted by Gasteiger charge is -2.03. The molecular weight excluding hydrogens is 244 g/mol. The van der Waals surface area contributed by atoms with Crippen molar-refractivity contribution in [3.8, 4) is 0 Å². The Kier molecular flexibility index (Phi) is 5.11. The summed E-state index contributed by atoms with van der Waals surface area (Å²) in [5.41, 5.74) is 1.11. The third-order valence-corrected chi connectivity index (χ3v) is 3.12. The molecule has 0 fully saturated rings. The van der Waals surface area contributed by atoms with Crippen LogP contribution in [0.15, 0.2) is 47.0 Å². The van der Waals surface area contributed by atoms with Crippen molar-refractivity contribution < 1.29 is 0 Å². The third-order valence-electron chi connectivity index (χ3n) is 2.27. The summed E-state index contributed by atoms with van der Waals surface area (Å²) in [7, 11) is 0. The van der Waals surface area contributed by atoms with E-state index in [2.05, 4.69) is 27.2 Å². The Morgan fingerprint density at radius 2 is 2.00 bits per heavy atom. The number of nitrogens with zero attached hydrogens (tertiary/aromatic N) is 3. The van der Waals surface area contributed by atoms with E-state index in [1.54, 1.807) is 6.20 Å². The van der Waals surface area contributed by atoms with Gasteiger partial charge >= 0.3 is 0 Å². The average Bonchev–Trinajstić information content (AvgIpc) is 2.42. The zero-order valence-corrected chi connectivity index (χ0v) is 11.2. The van der Waals surface area contributed by atoms with Crippen molar-refractivity contribution in [1.82, 2.24) is 20.3 Å². The van der Waals surface area contributed by atoms with E-state index in [4.69, 9.17) is 0 Å². The summed E-state index contributed by atoms with van der Waals surface area (Å²) in [4.78, 5) is 12.9. The Labute approximate surface area is 111 Å². The van der Waals surface area contributed by atoms with Crippen molar-refractivity contribution in [2.24, 2.45) is 0 Å². The minimum Gasteiger partial charge on any atom is -0.313 e. The van der Waals surface area contributed by atoms with E-state index in [1.165, 1.54) is 11.8 Å². The molecule has 0 atom stereocenters. The molecule has 0 aromatic carbocycles. The zero-order valence-electron chi connectivity index (χ0n) is 10.3. The number of aromatic nitrogens is 3. The maximum atomic E-state index is 4.32. The summed E-state index contributed by atoms with van der Waals surface area (Å²) in [6.07, 6.45) is 6.63. The Morgan fingerprint density at radius 1 is 1.17 bits per heavy atom. The monoisotopic (exact) mass is 260 g/mol. The molecule has 2 heterocycles. The predicted octanol–water partition coefficient (Wildman–Crippen LogP) is 2.52. The molecular formula is C13H16N4S. The first-order valence-corrected chi connectivity index (χ1v) is 6.80. The highest BCUT2D eigenvalue weighted by molar-refractivity contribution is 7.99. The van der Waals surface area contributed by atoms with Crippen LogP contribution in [0.3, 0.4) is 0 Å². The summed E-state index contributed by atoms with van der Waals surface area (Å²) in [5, 5.41) is 4.96. The molecule has 18 heavy (non-hydrogen) atoms. The van der Waals surface area contributed by atoms with Crippen LogP contribution in [0.25, 0.3) is 0 Å². The van der Waals surface area contributed by atoms with Gasteiger partial charge in [-0.1, -0.05) is 13.0 Å². The highest BCUT2D eigenvalue weighted by Gasteiger charge is 2.01. The van der Waals surface area contributed by atoms with Crippen LogP contribution < -0.4 is 5.32 Å². The lowest BCUT2D eigenvalue weighted by molar-refractivity contribution is 0.669. The number of hydrogen-bond acceptors (Lipinski definition) is 5. The van der Waals surface area contributed by atoms with Crippen LogP contribution in [0.2, 0.25) is 0 Å². The van der Waals surface area contributed by atoms with Gasteiger partial charge in [0.15, 0.2) is 5.16 Å². The van der Waals surface area contributed by atoms with Crippen molar-refractivity contribution in [3.63, 3.8) is 0 Å². The molecule has 1 N–H and O–H groups in total. The van der Waals surface area contributed by atoms with Crippen molar-refractivity contribution in [1.29, 1.82) is 0 Å². The predicted molar refractivity (Wildman–Crippen MR) is 72.4 cm³/mol. The van der Waals surface area contributed by atoms with Crippen LogP contribution in [0.1, 0.15) is 18.9 Å². The summed E-state index contributed by atoms with van der Waals surface area (Å²) < 4.78 is 0. The number of nitrogens with one attached hydrogen (secondary N) is 1. The van der Waals surface area contributed by atoms with E-state index in [0.29, 0.717) is 0 Å². The molecule has 0 aliphatic rings. The lowest BCUT2D eigenvalue weighted by Crippen LogP contribution is -2.14. The fraction of sp³-hybridized carbons (Fsp3) is 0.308. The van der Waals surface area contributed by atoms with Crippen LogP contribution >= 0.6 is 11.8 Å². The third kappa shape index (κ3) is 4.09. The van der Waals surface area contributed by atoms with Gasteiger partial charge in [-0.25, -0.2) is 15.0 Å². The molecule has 0 unspecified atom stereocenters. The molecule has 2 aromatic heterocycles. The van der Waals surface area contributed by atoms with E-state index in [0.717, 1.165) is 35.3 Å². The molecule has 5 heteroatoms. The van der Waals surface area contributed by atoms with Gasteiger partial charge in [-0.15, -0.1) is 0 Å². The lowest BCUT2D eigenvalue weighted by atomic mass is 10.3. The van der Waals surface area contributed by atoms with E-state index in [1.807, 2.05) is 30.6 Å². The van der Waals surface area contributed by atoms with Gasteiger partial charge < -0.3 is 5.32 Å². The van der Waals surface area contributed by atoms with Gasteiger partial charge in [0.25, 0.3) is 0 Å². The fourth-order valence-corrected chi connectivity index (χ4v) is 2.06. The van der Waals surface area contributed by atoms with E-state index in [9.17, 15) is 0 Å². The highest BCUT2D eigenvalue weighted by atomic mass is 32.2. The molecule has 2 rings (SSSR count). The van der Waals surface area contributed by atoms with Gasteiger partial charge in [-0.05, 0) is 36.9 Å². The Bertz CT molecular complexity index is 458. The molecule has 0 aliphatic carbocycles. The topological polar surface area (TPSA) is 50.7 Å². The SMILES string of the molecule is CCCNCc1cnc(Sc2ccccn2)nc1. The Hall–Kier alpha value is -1.46. The summed E-state index contributed by atoms with van der Waals surface area (Å²) in [6.45, 7) is 3.99. The van der Waals surface area contributed by atoms with Crippen molar-refractivity contribution in [3.05, 3.63) is 42.4 Å². The molecule has 2 aromatic rings. The molecule has 0 amide bonds. The molecule has 0 saturated heterocycles. The first-order chi connectivity index (χ1) is 8.88. The largest absolute Gasteiger partial charge is 0.313 e. The van der Waals surface area contributed by atoms with Crippen molar-refractivity contribution in [2.75, 3.05) is 6.54 Å². The Balaban J connectivity index is 1.91. The van der Waals surface area contributed by atoms with E-state index < -0.39 is 0 Å². The molecule has 0 saturated carbocycles. The molecule has 0 aliphatic heterocycles. The normalized spacial score (nSPS) is 10.5. The minimum absolute atomic E-state index is 0.730. The van der Waals surface area contributed by atoms with Crippen LogP contribution in [0.4, 0.5) is 0 Å². The smallest absolute Gasteiger partial charge is 0.193 e. The quantitative estimate of drug-likeness (QED) is 0.639. The molecule has 4 nitrogen and oxygen atoms in total. The van der Waals surface area contributed by atoms with Gasteiger partial charge in [0.1, 0.15) is 5.03 Å². The van der Waals surface area contributed by atoms with Gasteiger partial charge in [-0.2, -0.15) is 0 Å². The summed E-state index contributed by atoms with van der Waals surface area (Å²) in [6, 6.07) is 5.80.